The van der Waals surface area contributed by atoms with Crippen LogP contribution in [0.15, 0.2) is 59.8 Å². The molecule has 0 spiro atoms. The Morgan fingerprint density at radius 1 is 1.03 bits per heavy atom. The molecule has 0 saturated carbocycles. The highest BCUT2D eigenvalue weighted by molar-refractivity contribution is 5.50. The van der Waals surface area contributed by atoms with Crippen molar-refractivity contribution in [2.24, 2.45) is 0 Å². The van der Waals surface area contributed by atoms with Gasteiger partial charge in [-0.25, -0.2) is 27.3 Å². The Hall–Kier alpha value is -4.19. The minimum Gasteiger partial charge on any atom is -0.451 e. The van der Waals surface area contributed by atoms with Gasteiger partial charge in [0.2, 0.25) is 0 Å². The van der Waals surface area contributed by atoms with Gasteiger partial charge in [-0.2, -0.15) is 9.78 Å². The molecule has 0 bridgehead atoms. The molecule has 12 heteroatoms. The Balaban J connectivity index is 1.37. The van der Waals surface area contributed by atoms with Gasteiger partial charge in [-0.1, -0.05) is 6.07 Å². The van der Waals surface area contributed by atoms with Gasteiger partial charge in [0, 0.05) is 24.2 Å². The predicted octanol–water partition coefficient (Wildman–Crippen LogP) is 4.18. The Kier molecular flexibility index (Phi) is 6.43. The number of hydrogen-bond acceptors (Lipinski definition) is 6. The second-order valence-corrected chi connectivity index (χ2v) is 9.49. The van der Waals surface area contributed by atoms with E-state index in [1.807, 2.05) is 4.90 Å². The van der Waals surface area contributed by atoms with Crippen LogP contribution in [0.3, 0.4) is 0 Å². The number of hydrogen-bond donors (Lipinski definition) is 1. The zero-order valence-electron chi connectivity index (χ0n) is 20.4. The predicted molar refractivity (Wildman–Crippen MR) is 130 cm³/mol. The van der Waals surface area contributed by atoms with E-state index in [9.17, 15) is 27.5 Å². The number of aliphatic hydroxyl groups is 1. The average molecular weight is 529 g/mol. The van der Waals surface area contributed by atoms with Crippen molar-refractivity contribution in [2.45, 2.75) is 38.5 Å². The molecule has 2 aromatic heterocycles. The van der Waals surface area contributed by atoms with Crippen LogP contribution < -0.4 is 15.3 Å². The first kappa shape index (κ1) is 25.5. The largest absolute Gasteiger partial charge is 0.451 e. The fourth-order valence-corrected chi connectivity index (χ4v) is 4.34. The van der Waals surface area contributed by atoms with Crippen molar-refractivity contribution in [3.63, 3.8) is 0 Å². The van der Waals surface area contributed by atoms with Gasteiger partial charge in [0.1, 0.15) is 23.8 Å². The van der Waals surface area contributed by atoms with E-state index in [4.69, 9.17) is 4.74 Å². The molecular weight excluding hydrogens is 506 g/mol. The summed E-state index contributed by atoms with van der Waals surface area (Å²) in [4.78, 5) is 18.6. The lowest BCUT2D eigenvalue weighted by molar-refractivity contribution is 0.0289. The summed E-state index contributed by atoms with van der Waals surface area (Å²) >= 11 is 0. The highest BCUT2D eigenvalue weighted by atomic mass is 19.1. The third-order valence-corrected chi connectivity index (χ3v) is 6.44. The Morgan fingerprint density at radius 3 is 2.39 bits per heavy atom. The van der Waals surface area contributed by atoms with Crippen molar-refractivity contribution in [3.8, 4) is 17.2 Å². The number of pyridine rings is 1. The van der Waals surface area contributed by atoms with E-state index in [2.05, 4.69) is 10.1 Å². The molecule has 0 aliphatic carbocycles. The standard InChI is InChI=1S/C26H23F4N5O3/c1-26(2,37)23-8-9-34(23)24-11-22(20(30)12-31-24)38-21-7-6-15(10-19(21)29)35-25(36)33(14-32-35)13-16-17(27)4-3-5-18(16)28/h3-7,10-12,14,23,37H,8-9,13H2,1-2H3. The Bertz CT molecular complexity index is 1540. The van der Waals surface area contributed by atoms with E-state index in [-0.39, 0.29) is 28.8 Å². The molecule has 198 valence electrons. The third-order valence-electron chi connectivity index (χ3n) is 6.44. The van der Waals surface area contributed by atoms with Crippen LogP contribution >= 0.6 is 0 Å². The molecule has 3 heterocycles. The van der Waals surface area contributed by atoms with Gasteiger partial charge in [0.05, 0.1) is 30.1 Å². The summed E-state index contributed by atoms with van der Waals surface area (Å²) in [5, 5.41) is 14.2. The van der Waals surface area contributed by atoms with Crippen LogP contribution in [0, 0.1) is 23.3 Å². The minimum atomic E-state index is -0.994. The first-order chi connectivity index (χ1) is 18.0. The molecule has 1 aliphatic rings. The summed E-state index contributed by atoms with van der Waals surface area (Å²) < 4.78 is 64.7. The number of aromatic nitrogens is 4. The summed E-state index contributed by atoms with van der Waals surface area (Å²) in [6, 6.07) is 7.99. The lowest BCUT2D eigenvalue weighted by atomic mass is 9.88. The molecule has 1 unspecified atom stereocenters. The molecular formula is C26H23F4N5O3. The lowest BCUT2D eigenvalue weighted by Crippen LogP contribution is -2.59. The van der Waals surface area contributed by atoms with Crippen LogP contribution in [0.5, 0.6) is 11.5 Å². The zero-order chi connectivity index (χ0) is 27.2. The van der Waals surface area contributed by atoms with Gasteiger partial charge in [-0.15, -0.1) is 0 Å². The van der Waals surface area contributed by atoms with Gasteiger partial charge < -0.3 is 14.7 Å². The Morgan fingerprint density at radius 2 is 1.76 bits per heavy atom. The second-order valence-electron chi connectivity index (χ2n) is 9.49. The lowest BCUT2D eigenvalue weighted by Gasteiger charge is -2.48. The maximum Gasteiger partial charge on any atom is 0.350 e. The van der Waals surface area contributed by atoms with E-state index in [1.165, 1.54) is 24.3 Å². The molecule has 1 fully saturated rings. The van der Waals surface area contributed by atoms with Crippen LogP contribution in [0.25, 0.3) is 5.69 Å². The van der Waals surface area contributed by atoms with Crippen molar-refractivity contribution >= 4 is 5.82 Å². The first-order valence-electron chi connectivity index (χ1n) is 11.7. The molecule has 0 amide bonds. The van der Waals surface area contributed by atoms with Crippen molar-refractivity contribution < 1.29 is 27.4 Å². The molecule has 1 N–H and O–H groups in total. The highest BCUT2D eigenvalue weighted by Crippen LogP contribution is 2.35. The average Bonchev–Trinajstić information content (AvgIpc) is 3.18. The molecule has 1 atom stereocenters. The van der Waals surface area contributed by atoms with E-state index >= 15 is 0 Å². The van der Waals surface area contributed by atoms with E-state index in [0.717, 1.165) is 46.4 Å². The van der Waals surface area contributed by atoms with E-state index in [0.29, 0.717) is 12.4 Å². The fourth-order valence-electron chi connectivity index (χ4n) is 4.34. The van der Waals surface area contributed by atoms with E-state index < -0.39 is 41.1 Å². The van der Waals surface area contributed by atoms with Crippen molar-refractivity contribution in [1.29, 1.82) is 0 Å². The van der Waals surface area contributed by atoms with Gasteiger partial charge in [0.25, 0.3) is 0 Å². The number of anilines is 1. The fraction of sp³-hybridized carbons (Fsp3) is 0.269. The van der Waals surface area contributed by atoms with Crippen molar-refractivity contribution in [1.82, 2.24) is 19.3 Å². The van der Waals surface area contributed by atoms with Crippen LogP contribution in [0.2, 0.25) is 0 Å². The van der Waals surface area contributed by atoms with Gasteiger partial charge in [-0.3, -0.25) is 4.57 Å². The number of benzene rings is 2. The Labute approximate surface area is 214 Å². The molecule has 38 heavy (non-hydrogen) atoms. The minimum absolute atomic E-state index is 0.0251. The number of nitrogens with zero attached hydrogens (tertiary/aromatic N) is 5. The topological polar surface area (TPSA) is 85.4 Å². The molecule has 1 aliphatic heterocycles. The SMILES string of the molecule is CC(C)(O)C1CCN1c1cc(Oc2ccc(-n3ncn(Cc4c(F)cccc4F)c3=O)cc2F)c(F)cn1. The summed E-state index contributed by atoms with van der Waals surface area (Å²) in [7, 11) is 0. The van der Waals surface area contributed by atoms with Crippen molar-refractivity contribution in [3.05, 3.63) is 94.3 Å². The van der Waals surface area contributed by atoms with Gasteiger partial charge >= 0.3 is 5.69 Å². The van der Waals surface area contributed by atoms with Gasteiger partial charge in [0.15, 0.2) is 23.1 Å². The smallest absolute Gasteiger partial charge is 0.350 e. The molecule has 4 aromatic rings. The molecule has 1 saturated heterocycles. The van der Waals surface area contributed by atoms with Gasteiger partial charge in [-0.05, 0) is 44.5 Å². The molecule has 5 rings (SSSR count). The summed E-state index contributed by atoms with van der Waals surface area (Å²) in [6.45, 7) is 3.55. The van der Waals surface area contributed by atoms with E-state index in [1.54, 1.807) is 13.8 Å². The maximum absolute atomic E-state index is 14.9. The number of ether oxygens (including phenoxy) is 1. The van der Waals surface area contributed by atoms with Crippen LogP contribution in [-0.2, 0) is 6.54 Å². The third kappa shape index (κ3) is 4.74. The summed E-state index contributed by atoms with van der Waals surface area (Å²) in [5.74, 6) is -3.54. The normalized spacial score (nSPS) is 15.4. The number of halogens is 4. The van der Waals surface area contributed by atoms with Crippen LogP contribution in [0.4, 0.5) is 23.4 Å². The zero-order valence-corrected chi connectivity index (χ0v) is 20.4. The summed E-state index contributed by atoms with van der Waals surface area (Å²) in [6.07, 6.45) is 2.78. The highest BCUT2D eigenvalue weighted by Gasteiger charge is 2.40. The quantitative estimate of drug-likeness (QED) is 0.362. The molecule has 0 radical (unpaired) electrons. The van der Waals surface area contributed by atoms with Crippen molar-refractivity contribution in [2.75, 3.05) is 11.4 Å². The van der Waals surface area contributed by atoms with Crippen LogP contribution in [-0.4, -0.2) is 42.6 Å². The second kappa shape index (κ2) is 9.60. The van der Waals surface area contributed by atoms with Crippen LogP contribution in [0.1, 0.15) is 25.8 Å². The molecule has 8 nitrogen and oxygen atoms in total. The molecule has 2 aromatic carbocycles. The first-order valence-corrected chi connectivity index (χ1v) is 11.7. The summed E-state index contributed by atoms with van der Waals surface area (Å²) in [5.41, 5.74) is -2.03. The number of rotatable bonds is 7. The monoisotopic (exact) mass is 529 g/mol. The maximum atomic E-state index is 14.9.